The molecule has 0 saturated heterocycles. The summed E-state index contributed by atoms with van der Waals surface area (Å²) in [6, 6.07) is 7.80. The normalized spacial score (nSPS) is 10.6. The fourth-order valence-electron chi connectivity index (χ4n) is 3.46. The zero-order chi connectivity index (χ0) is 37.1. The minimum Gasteiger partial charge on any atom is -0.495 e. The molecular weight excluding hydrogens is 696 g/mol. The van der Waals surface area contributed by atoms with E-state index in [0.29, 0.717) is 18.1 Å². The number of aromatic nitrogens is 4. The summed E-state index contributed by atoms with van der Waals surface area (Å²) in [5.74, 6) is -1.98. The SMILES string of the molecule is CNc1nc(Cl)ncc1C(F)(F)F.CNc1nc(Nc2cc(F)c(C#N)cc2OC)ncc1C(F)(F)F.COc1cc(C#N)c(F)cc1N. The number of methoxy groups -OCH3 is 2. The molecule has 0 aliphatic carbocycles. The molecule has 2 aromatic heterocycles. The maximum Gasteiger partial charge on any atom is 0.421 e. The predicted molar refractivity (Wildman–Crippen MR) is 161 cm³/mol. The summed E-state index contributed by atoms with van der Waals surface area (Å²) in [6.07, 6.45) is -7.84. The van der Waals surface area contributed by atoms with E-state index in [1.165, 1.54) is 34.4 Å². The third kappa shape index (κ3) is 10.6. The standard InChI is InChI=1S/C14H11F4N5O.C8H7FN2O.C6H5ClF3N3/c1-20-12-8(14(16,17)18)6-21-13(23-12)22-10-4-9(15)7(5-19)3-11(10)24-2;1-12-8-2-5(4-10)6(9)3-7(8)11;1-11-4-3(6(8,9)10)2-12-5(7)13-4/h3-4,6H,1-2H3,(H2,20,21,22,23);2-3H,11H2,1H3;2H,1H3,(H,11,12,13). The Morgan fingerprint density at radius 1 is 0.755 bits per heavy atom. The number of ether oxygens (including phenoxy) is 2. The number of benzene rings is 2. The van der Waals surface area contributed by atoms with E-state index in [0.717, 1.165) is 18.2 Å². The van der Waals surface area contributed by atoms with Crippen LogP contribution in [0.4, 0.5) is 64.1 Å². The second kappa shape index (κ2) is 16.8. The molecule has 2 heterocycles. The highest BCUT2D eigenvalue weighted by atomic mass is 35.5. The number of halogens is 9. The van der Waals surface area contributed by atoms with Crippen molar-refractivity contribution >= 4 is 40.6 Å². The highest BCUT2D eigenvalue weighted by Gasteiger charge is 2.35. The van der Waals surface area contributed by atoms with E-state index in [9.17, 15) is 35.1 Å². The molecule has 21 heteroatoms. The topological polar surface area (TPSA) is 180 Å². The minimum atomic E-state index is -4.62. The summed E-state index contributed by atoms with van der Waals surface area (Å²) < 4.78 is 111. The Hall–Kier alpha value is -5.89. The number of nitrogens with one attached hydrogen (secondary N) is 3. The monoisotopic (exact) mass is 718 g/mol. The lowest BCUT2D eigenvalue weighted by molar-refractivity contribution is -0.138. The lowest BCUT2D eigenvalue weighted by Crippen LogP contribution is -2.12. The summed E-state index contributed by atoms with van der Waals surface area (Å²) in [6.45, 7) is 0. The van der Waals surface area contributed by atoms with Crippen molar-refractivity contribution < 1.29 is 44.6 Å². The molecule has 12 nitrogen and oxygen atoms in total. The molecule has 49 heavy (non-hydrogen) atoms. The zero-order valence-electron chi connectivity index (χ0n) is 25.4. The van der Waals surface area contributed by atoms with Gasteiger partial charge in [-0.15, -0.1) is 0 Å². The summed E-state index contributed by atoms with van der Waals surface area (Å²) >= 11 is 5.32. The summed E-state index contributed by atoms with van der Waals surface area (Å²) in [5, 5.41) is 24.2. The Balaban J connectivity index is 0.000000281. The zero-order valence-corrected chi connectivity index (χ0v) is 26.2. The van der Waals surface area contributed by atoms with Gasteiger partial charge >= 0.3 is 12.4 Å². The number of anilines is 5. The van der Waals surface area contributed by atoms with Gasteiger partial charge < -0.3 is 31.2 Å². The van der Waals surface area contributed by atoms with Crippen LogP contribution in [0.15, 0.2) is 36.7 Å². The van der Waals surface area contributed by atoms with Gasteiger partial charge in [0.05, 0.1) is 36.7 Å². The van der Waals surface area contributed by atoms with Crippen LogP contribution in [0.5, 0.6) is 11.5 Å². The molecule has 0 saturated carbocycles. The molecule has 0 unspecified atom stereocenters. The molecule has 4 rings (SSSR count). The van der Waals surface area contributed by atoms with Gasteiger partial charge in [0.2, 0.25) is 11.2 Å². The molecule has 0 amide bonds. The van der Waals surface area contributed by atoms with Gasteiger partial charge in [-0.25, -0.2) is 23.7 Å². The molecule has 0 atom stereocenters. The largest absolute Gasteiger partial charge is 0.495 e. The molecule has 0 radical (unpaired) electrons. The van der Waals surface area contributed by atoms with Gasteiger partial charge in [0.25, 0.3) is 0 Å². The van der Waals surface area contributed by atoms with Crippen LogP contribution in [-0.4, -0.2) is 48.3 Å². The summed E-state index contributed by atoms with van der Waals surface area (Å²) in [7, 11) is 5.31. The fourth-order valence-corrected chi connectivity index (χ4v) is 3.59. The van der Waals surface area contributed by atoms with E-state index in [1.54, 1.807) is 12.1 Å². The van der Waals surface area contributed by atoms with Crippen LogP contribution in [0.25, 0.3) is 0 Å². The van der Waals surface area contributed by atoms with Crippen LogP contribution in [-0.2, 0) is 12.4 Å². The van der Waals surface area contributed by atoms with Gasteiger partial charge in [-0.3, -0.25) is 0 Å². The minimum absolute atomic E-state index is 0.0656. The van der Waals surface area contributed by atoms with E-state index in [-0.39, 0.29) is 45.3 Å². The van der Waals surface area contributed by atoms with Crippen molar-refractivity contribution in [1.82, 2.24) is 19.9 Å². The molecule has 0 bridgehead atoms. The maximum absolute atomic E-state index is 13.7. The van der Waals surface area contributed by atoms with Crippen molar-refractivity contribution in [3.05, 3.63) is 75.8 Å². The average molecular weight is 719 g/mol. The van der Waals surface area contributed by atoms with Crippen molar-refractivity contribution in [3.8, 4) is 23.6 Å². The third-order valence-electron chi connectivity index (χ3n) is 5.73. The number of nitrogen functional groups attached to an aromatic ring is 1. The molecule has 0 spiro atoms. The number of rotatable bonds is 6. The first-order chi connectivity index (χ1) is 22.9. The quantitative estimate of drug-likeness (QED) is 0.0934. The van der Waals surface area contributed by atoms with Gasteiger partial charge in [-0.05, 0) is 11.6 Å². The van der Waals surface area contributed by atoms with Crippen LogP contribution in [0, 0.1) is 34.3 Å². The molecule has 0 aliphatic heterocycles. The Morgan fingerprint density at radius 2 is 1.22 bits per heavy atom. The van der Waals surface area contributed by atoms with Crippen molar-refractivity contribution in [1.29, 1.82) is 10.5 Å². The van der Waals surface area contributed by atoms with Gasteiger partial charge in [-0.1, -0.05) is 0 Å². The number of alkyl halides is 6. The Morgan fingerprint density at radius 3 is 1.69 bits per heavy atom. The number of nitrogens with two attached hydrogens (primary N) is 1. The van der Waals surface area contributed by atoms with Gasteiger partial charge in [0, 0.05) is 50.8 Å². The van der Waals surface area contributed by atoms with E-state index in [2.05, 4.69) is 35.9 Å². The lowest BCUT2D eigenvalue weighted by atomic mass is 10.2. The summed E-state index contributed by atoms with van der Waals surface area (Å²) in [5.41, 5.74) is 3.37. The first kappa shape index (κ1) is 39.3. The van der Waals surface area contributed by atoms with Crippen LogP contribution in [0.1, 0.15) is 22.3 Å². The molecule has 2 aromatic carbocycles. The maximum atomic E-state index is 13.7. The van der Waals surface area contributed by atoms with Crippen molar-refractivity contribution in [2.24, 2.45) is 0 Å². The van der Waals surface area contributed by atoms with Gasteiger partial charge in [0.15, 0.2) is 0 Å². The number of hydrogen-bond acceptors (Lipinski definition) is 12. The third-order valence-corrected chi connectivity index (χ3v) is 5.91. The predicted octanol–water partition coefficient (Wildman–Crippen LogP) is 6.78. The molecule has 0 aliphatic rings. The molecule has 4 aromatic rings. The van der Waals surface area contributed by atoms with Crippen LogP contribution >= 0.6 is 11.6 Å². The molecule has 5 N–H and O–H groups in total. The fraction of sp³-hybridized carbons (Fsp3) is 0.214. The van der Waals surface area contributed by atoms with Gasteiger partial charge in [0.1, 0.15) is 58.0 Å². The van der Waals surface area contributed by atoms with E-state index < -0.39 is 40.9 Å². The highest BCUT2D eigenvalue weighted by Crippen LogP contribution is 2.35. The second-order valence-corrected chi connectivity index (χ2v) is 9.15. The smallest absolute Gasteiger partial charge is 0.421 e. The van der Waals surface area contributed by atoms with Crippen LogP contribution in [0.3, 0.4) is 0 Å². The molecule has 0 fully saturated rings. The van der Waals surface area contributed by atoms with Crippen LogP contribution in [0.2, 0.25) is 5.28 Å². The van der Waals surface area contributed by atoms with Crippen molar-refractivity contribution in [2.45, 2.75) is 12.4 Å². The van der Waals surface area contributed by atoms with E-state index in [4.69, 9.17) is 37.3 Å². The van der Waals surface area contributed by atoms with Gasteiger partial charge in [-0.2, -0.15) is 41.9 Å². The average Bonchev–Trinajstić information content (AvgIpc) is 3.04. The second-order valence-electron chi connectivity index (χ2n) is 8.81. The first-order valence-electron chi connectivity index (χ1n) is 12.9. The highest BCUT2D eigenvalue weighted by molar-refractivity contribution is 6.28. The van der Waals surface area contributed by atoms with E-state index >= 15 is 0 Å². The summed E-state index contributed by atoms with van der Waals surface area (Å²) in [4.78, 5) is 13.9. The van der Waals surface area contributed by atoms with E-state index in [1.807, 2.05) is 0 Å². The van der Waals surface area contributed by atoms with Crippen LogP contribution < -0.4 is 31.2 Å². The Bertz CT molecular complexity index is 1860. The Kier molecular flexibility index (Phi) is 13.5. The molecule has 260 valence electrons. The van der Waals surface area contributed by atoms with Crippen molar-refractivity contribution in [3.63, 3.8) is 0 Å². The number of nitriles is 2. The number of nitrogens with zero attached hydrogens (tertiary/aromatic N) is 6. The molecular formula is C28H23ClF8N10O2. The number of hydrogen-bond donors (Lipinski definition) is 4. The Labute approximate surface area is 277 Å². The van der Waals surface area contributed by atoms with Crippen molar-refractivity contribution in [2.75, 3.05) is 50.0 Å². The first-order valence-corrected chi connectivity index (χ1v) is 13.3. The lowest BCUT2D eigenvalue weighted by Gasteiger charge is -2.14.